The van der Waals surface area contributed by atoms with Crippen LogP contribution in [0.5, 0.6) is 0 Å². The summed E-state index contributed by atoms with van der Waals surface area (Å²) >= 11 is 6.10. The van der Waals surface area contributed by atoms with E-state index in [9.17, 15) is 0 Å². The van der Waals surface area contributed by atoms with E-state index in [1.165, 1.54) is 0 Å². The predicted molar refractivity (Wildman–Crippen MR) is 69.5 cm³/mol. The molecule has 2 aromatic rings. The van der Waals surface area contributed by atoms with E-state index >= 15 is 0 Å². The number of nitrogens with one attached hydrogen (secondary N) is 1. The molecule has 18 heavy (non-hydrogen) atoms. The van der Waals surface area contributed by atoms with Gasteiger partial charge in [-0.2, -0.15) is 4.98 Å². The standard InChI is InChI=1S/C13H14ClN3O/c1-8-4-5-9(7-10(8)14)13-16-12(17-18-13)11-3-2-6-15-11/h4-5,7,11,15H,2-3,6H2,1H3. The molecule has 2 heterocycles. The average molecular weight is 264 g/mol. The number of rotatable bonds is 2. The predicted octanol–water partition coefficient (Wildman–Crippen LogP) is 3.12. The van der Waals surface area contributed by atoms with Crippen molar-refractivity contribution < 1.29 is 4.52 Å². The van der Waals surface area contributed by atoms with E-state index in [2.05, 4.69) is 15.5 Å². The van der Waals surface area contributed by atoms with E-state index in [-0.39, 0.29) is 6.04 Å². The first kappa shape index (κ1) is 11.7. The quantitative estimate of drug-likeness (QED) is 0.904. The molecule has 0 aliphatic carbocycles. The summed E-state index contributed by atoms with van der Waals surface area (Å²) < 4.78 is 5.30. The number of halogens is 1. The first-order chi connectivity index (χ1) is 8.74. The van der Waals surface area contributed by atoms with Crippen LogP contribution in [0, 0.1) is 6.92 Å². The minimum absolute atomic E-state index is 0.225. The Bertz CT molecular complexity index is 561. The summed E-state index contributed by atoms with van der Waals surface area (Å²) in [7, 11) is 0. The van der Waals surface area contributed by atoms with Gasteiger partial charge in [-0.05, 0) is 44.0 Å². The molecule has 1 atom stereocenters. The van der Waals surface area contributed by atoms with E-state index in [1.54, 1.807) is 0 Å². The average Bonchev–Trinajstić information content (AvgIpc) is 3.01. The number of nitrogens with zero attached hydrogens (tertiary/aromatic N) is 2. The number of hydrogen-bond donors (Lipinski definition) is 1. The summed E-state index contributed by atoms with van der Waals surface area (Å²) in [5, 5.41) is 8.10. The van der Waals surface area contributed by atoms with Crippen LogP contribution in [-0.2, 0) is 0 Å². The van der Waals surface area contributed by atoms with Crippen molar-refractivity contribution in [3.8, 4) is 11.5 Å². The second-order valence-electron chi connectivity index (χ2n) is 4.57. The van der Waals surface area contributed by atoms with Crippen molar-refractivity contribution in [3.05, 3.63) is 34.6 Å². The van der Waals surface area contributed by atoms with Crippen molar-refractivity contribution in [2.75, 3.05) is 6.54 Å². The van der Waals surface area contributed by atoms with Crippen LogP contribution in [-0.4, -0.2) is 16.7 Å². The van der Waals surface area contributed by atoms with Gasteiger partial charge < -0.3 is 9.84 Å². The number of aromatic nitrogens is 2. The smallest absolute Gasteiger partial charge is 0.258 e. The molecule has 1 aromatic heterocycles. The summed E-state index contributed by atoms with van der Waals surface area (Å²) in [5.74, 6) is 1.26. The molecule has 5 heteroatoms. The Kier molecular flexibility index (Phi) is 3.06. The Balaban J connectivity index is 1.89. The summed E-state index contributed by atoms with van der Waals surface area (Å²) in [6, 6.07) is 5.98. The molecule has 1 aliphatic rings. The maximum Gasteiger partial charge on any atom is 0.258 e. The highest BCUT2D eigenvalue weighted by Gasteiger charge is 2.22. The van der Waals surface area contributed by atoms with Gasteiger partial charge in [0.25, 0.3) is 5.89 Å². The number of aryl methyl sites for hydroxylation is 1. The molecule has 0 saturated carbocycles. The third kappa shape index (κ3) is 2.13. The highest BCUT2D eigenvalue weighted by Crippen LogP contribution is 2.26. The van der Waals surface area contributed by atoms with Crippen molar-refractivity contribution in [2.45, 2.75) is 25.8 Å². The second kappa shape index (κ2) is 4.71. The minimum Gasteiger partial charge on any atom is -0.334 e. The minimum atomic E-state index is 0.225. The van der Waals surface area contributed by atoms with Gasteiger partial charge in [0.1, 0.15) is 0 Å². The van der Waals surface area contributed by atoms with Crippen molar-refractivity contribution in [1.82, 2.24) is 15.5 Å². The van der Waals surface area contributed by atoms with Crippen molar-refractivity contribution in [1.29, 1.82) is 0 Å². The van der Waals surface area contributed by atoms with Gasteiger partial charge in [-0.25, -0.2) is 0 Å². The SMILES string of the molecule is Cc1ccc(-c2nc(C3CCCN3)no2)cc1Cl. The first-order valence-corrected chi connectivity index (χ1v) is 6.45. The Hall–Kier alpha value is -1.39. The lowest BCUT2D eigenvalue weighted by atomic mass is 10.1. The first-order valence-electron chi connectivity index (χ1n) is 6.07. The van der Waals surface area contributed by atoms with Gasteiger partial charge in [0.05, 0.1) is 6.04 Å². The number of hydrogen-bond acceptors (Lipinski definition) is 4. The summed E-state index contributed by atoms with van der Waals surface area (Å²) in [5.41, 5.74) is 1.90. The van der Waals surface area contributed by atoms with E-state index in [1.807, 2.05) is 25.1 Å². The van der Waals surface area contributed by atoms with Crippen molar-refractivity contribution in [2.24, 2.45) is 0 Å². The molecular weight excluding hydrogens is 250 g/mol. The topological polar surface area (TPSA) is 51.0 Å². The number of benzene rings is 1. The fourth-order valence-electron chi connectivity index (χ4n) is 2.12. The van der Waals surface area contributed by atoms with Crippen LogP contribution in [0.4, 0.5) is 0 Å². The van der Waals surface area contributed by atoms with E-state index in [4.69, 9.17) is 16.1 Å². The van der Waals surface area contributed by atoms with Crippen LogP contribution in [0.2, 0.25) is 5.02 Å². The fraction of sp³-hybridized carbons (Fsp3) is 0.385. The zero-order valence-electron chi connectivity index (χ0n) is 10.1. The van der Waals surface area contributed by atoms with Gasteiger partial charge in [0.2, 0.25) is 0 Å². The van der Waals surface area contributed by atoms with E-state index < -0.39 is 0 Å². The highest BCUT2D eigenvalue weighted by molar-refractivity contribution is 6.31. The normalized spacial score (nSPS) is 19.3. The molecule has 4 nitrogen and oxygen atoms in total. The monoisotopic (exact) mass is 263 g/mol. The van der Waals surface area contributed by atoms with Gasteiger partial charge in [-0.3, -0.25) is 0 Å². The maximum atomic E-state index is 6.10. The van der Waals surface area contributed by atoms with Crippen LogP contribution in [0.15, 0.2) is 22.7 Å². The van der Waals surface area contributed by atoms with Gasteiger partial charge in [0.15, 0.2) is 5.82 Å². The molecule has 1 fully saturated rings. The van der Waals surface area contributed by atoms with Crippen LogP contribution in [0.1, 0.15) is 30.3 Å². The van der Waals surface area contributed by atoms with E-state index in [0.717, 1.165) is 36.3 Å². The Morgan fingerprint density at radius 1 is 1.44 bits per heavy atom. The van der Waals surface area contributed by atoms with Gasteiger partial charge in [-0.15, -0.1) is 0 Å². The Labute approximate surface area is 110 Å². The summed E-state index contributed by atoms with van der Waals surface area (Å²) in [4.78, 5) is 4.43. The summed E-state index contributed by atoms with van der Waals surface area (Å²) in [6.07, 6.45) is 2.22. The lowest BCUT2D eigenvalue weighted by molar-refractivity contribution is 0.412. The van der Waals surface area contributed by atoms with Gasteiger partial charge >= 0.3 is 0 Å². The molecule has 0 spiro atoms. The molecule has 0 bridgehead atoms. The fourth-order valence-corrected chi connectivity index (χ4v) is 2.31. The Morgan fingerprint density at radius 3 is 3.06 bits per heavy atom. The molecule has 94 valence electrons. The van der Waals surface area contributed by atoms with Gasteiger partial charge in [0, 0.05) is 10.6 Å². The zero-order valence-corrected chi connectivity index (χ0v) is 10.9. The largest absolute Gasteiger partial charge is 0.334 e. The molecule has 1 aliphatic heterocycles. The molecule has 1 saturated heterocycles. The molecule has 0 amide bonds. The lowest BCUT2D eigenvalue weighted by Crippen LogP contribution is -2.14. The van der Waals surface area contributed by atoms with Gasteiger partial charge in [-0.1, -0.05) is 22.8 Å². The maximum absolute atomic E-state index is 6.10. The highest BCUT2D eigenvalue weighted by atomic mass is 35.5. The zero-order chi connectivity index (χ0) is 12.5. The molecule has 1 unspecified atom stereocenters. The molecule has 3 rings (SSSR count). The third-order valence-corrected chi connectivity index (χ3v) is 3.64. The Morgan fingerprint density at radius 2 is 2.33 bits per heavy atom. The van der Waals surface area contributed by atoms with Crippen LogP contribution >= 0.6 is 11.6 Å². The molecule has 1 N–H and O–H groups in total. The molecular formula is C13H14ClN3O. The lowest BCUT2D eigenvalue weighted by Gasteiger charge is -2.02. The molecule has 0 radical (unpaired) electrons. The second-order valence-corrected chi connectivity index (χ2v) is 4.98. The third-order valence-electron chi connectivity index (χ3n) is 3.23. The summed E-state index contributed by atoms with van der Waals surface area (Å²) in [6.45, 7) is 2.98. The van der Waals surface area contributed by atoms with E-state index in [0.29, 0.717) is 10.9 Å². The van der Waals surface area contributed by atoms with Crippen molar-refractivity contribution >= 4 is 11.6 Å². The molecule has 1 aromatic carbocycles. The van der Waals surface area contributed by atoms with Crippen molar-refractivity contribution in [3.63, 3.8) is 0 Å². The van der Waals surface area contributed by atoms with Crippen LogP contribution in [0.25, 0.3) is 11.5 Å². The van der Waals surface area contributed by atoms with Crippen LogP contribution in [0.3, 0.4) is 0 Å². The van der Waals surface area contributed by atoms with Crippen LogP contribution < -0.4 is 5.32 Å².